The summed E-state index contributed by atoms with van der Waals surface area (Å²) in [5.41, 5.74) is 5.42. The highest BCUT2D eigenvalue weighted by Gasteiger charge is 2.39. The van der Waals surface area contributed by atoms with Crippen molar-refractivity contribution in [2.24, 2.45) is 0 Å². The number of aromatic nitrogens is 2. The molecule has 4 heterocycles. The summed E-state index contributed by atoms with van der Waals surface area (Å²) in [6, 6.07) is 18.1. The summed E-state index contributed by atoms with van der Waals surface area (Å²) in [6.45, 7) is 2.38. The van der Waals surface area contributed by atoms with Gasteiger partial charge in [0.05, 0.1) is 22.7 Å². The van der Waals surface area contributed by atoms with Crippen LogP contribution in [-0.2, 0) is 0 Å². The minimum absolute atomic E-state index is 0.570. The smallest absolute Gasteiger partial charge is 0.114 e. The van der Waals surface area contributed by atoms with Crippen LogP contribution in [0, 0.1) is 11.3 Å². The maximum Gasteiger partial charge on any atom is 0.114 e. The van der Waals surface area contributed by atoms with Crippen molar-refractivity contribution in [1.29, 1.82) is 5.26 Å². The first-order valence-electron chi connectivity index (χ1n) is 10.6. The molecule has 3 aromatic rings. The van der Waals surface area contributed by atoms with E-state index in [0.29, 0.717) is 17.5 Å². The van der Waals surface area contributed by atoms with E-state index < -0.39 is 0 Å². The van der Waals surface area contributed by atoms with E-state index in [0.717, 1.165) is 17.1 Å². The molecule has 0 amide bonds. The Morgan fingerprint density at radius 2 is 1.71 bits per heavy atom. The molecular formula is C24H24N4. The Balaban J connectivity index is 1.39. The standard InChI is InChI=1S/C24H24N4/c25-13-16-4-6-17(7-5-16)18-9-11-23-22(12-18)26-24-19-8-10-21(28(23)24)15-27(14-19)20-2-1-3-20/h4-7,9,11-12,19-21H,1-3,8,10,14-15H2. The molecule has 4 heteroatoms. The lowest BCUT2D eigenvalue weighted by molar-refractivity contribution is 0.121. The monoisotopic (exact) mass is 368 g/mol. The van der Waals surface area contributed by atoms with Gasteiger partial charge in [0, 0.05) is 31.1 Å². The van der Waals surface area contributed by atoms with Crippen LogP contribution in [0.15, 0.2) is 42.5 Å². The fourth-order valence-electron chi connectivity index (χ4n) is 5.38. The topological polar surface area (TPSA) is 44.9 Å². The van der Waals surface area contributed by atoms with E-state index in [1.54, 1.807) is 0 Å². The molecule has 1 saturated heterocycles. The molecule has 2 fully saturated rings. The minimum atomic E-state index is 0.570. The average molecular weight is 368 g/mol. The molecule has 2 bridgehead atoms. The lowest BCUT2D eigenvalue weighted by atomic mass is 9.91. The van der Waals surface area contributed by atoms with Gasteiger partial charge in [-0.05, 0) is 61.1 Å². The molecule has 4 aliphatic rings. The van der Waals surface area contributed by atoms with Crippen LogP contribution in [0.5, 0.6) is 0 Å². The fraction of sp³-hybridized carbons (Fsp3) is 0.417. The molecule has 2 unspecified atom stereocenters. The summed E-state index contributed by atoms with van der Waals surface area (Å²) in [5.74, 6) is 1.88. The minimum Gasteiger partial charge on any atom is -0.323 e. The van der Waals surface area contributed by atoms with Crippen molar-refractivity contribution < 1.29 is 0 Å². The Labute approximate surface area is 165 Å². The predicted octanol–water partition coefficient (Wildman–Crippen LogP) is 4.86. The van der Waals surface area contributed by atoms with Gasteiger partial charge in [0.25, 0.3) is 0 Å². The molecule has 0 N–H and O–H groups in total. The largest absolute Gasteiger partial charge is 0.323 e. The van der Waals surface area contributed by atoms with E-state index in [1.165, 1.54) is 62.1 Å². The Kier molecular flexibility index (Phi) is 3.61. The molecule has 0 radical (unpaired) electrons. The van der Waals surface area contributed by atoms with Gasteiger partial charge in [-0.25, -0.2) is 4.98 Å². The van der Waals surface area contributed by atoms with Gasteiger partial charge >= 0.3 is 0 Å². The van der Waals surface area contributed by atoms with Crippen molar-refractivity contribution in [3.63, 3.8) is 0 Å². The number of nitriles is 1. The van der Waals surface area contributed by atoms with E-state index in [4.69, 9.17) is 10.2 Å². The molecule has 4 nitrogen and oxygen atoms in total. The van der Waals surface area contributed by atoms with Gasteiger partial charge in [-0.3, -0.25) is 4.90 Å². The Morgan fingerprint density at radius 3 is 2.46 bits per heavy atom. The number of hydrogen-bond donors (Lipinski definition) is 0. The molecule has 28 heavy (non-hydrogen) atoms. The summed E-state index contributed by atoms with van der Waals surface area (Å²) in [7, 11) is 0. The third kappa shape index (κ3) is 2.43. The first-order valence-corrected chi connectivity index (χ1v) is 10.6. The molecule has 140 valence electrons. The summed E-state index contributed by atoms with van der Waals surface area (Å²) in [4.78, 5) is 7.90. The molecule has 1 saturated carbocycles. The van der Waals surface area contributed by atoms with E-state index in [1.807, 2.05) is 24.3 Å². The normalized spacial score (nSPS) is 24.5. The van der Waals surface area contributed by atoms with Crippen molar-refractivity contribution in [1.82, 2.24) is 14.5 Å². The summed E-state index contributed by atoms with van der Waals surface area (Å²) in [5, 5.41) is 9.02. The van der Waals surface area contributed by atoms with Crippen molar-refractivity contribution in [3.05, 3.63) is 53.9 Å². The molecule has 1 aliphatic carbocycles. The number of nitrogens with zero attached hydrogens (tertiary/aromatic N) is 4. The maximum absolute atomic E-state index is 9.02. The third-order valence-corrected chi connectivity index (χ3v) is 7.13. The van der Waals surface area contributed by atoms with Crippen molar-refractivity contribution in [3.8, 4) is 17.2 Å². The zero-order valence-corrected chi connectivity index (χ0v) is 16.0. The zero-order valence-electron chi connectivity index (χ0n) is 16.0. The van der Waals surface area contributed by atoms with Gasteiger partial charge in [0.15, 0.2) is 0 Å². The van der Waals surface area contributed by atoms with Gasteiger partial charge in [-0.2, -0.15) is 5.26 Å². The summed E-state index contributed by atoms with van der Waals surface area (Å²) in [6.07, 6.45) is 6.73. The van der Waals surface area contributed by atoms with Crippen LogP contribution in [-0.4, -0.2) is 33.6 Å². The molecule has 3 aliphatic heterocycles. The van der Waals surface area contributed by atoms with Gasteiger partial charge < -0.3 is 4.57 Å². The van der Waals surface area contributed by atoms with Gasteiger partial charge in [-0.15, -0.1) is 0 Å². The van der Waals surface area contributed by atoms with E-state index in [2.05, 4.69) is 33.7 Å². The molecule has 2 atom stereocenters. The zero-order chi connectivity index (χ0) is 18.7. The Hall–Kier alpha value is -2.64. The molecular weight excluding hydrogens is 344 g/mol. The van der Waals surface area contributed by atoms with E-state index >= 15 is 0 Å². The molecule has 1 aromatic heterocycles. The van der Waals surface area contributed by atoms with Crippen molar-refractivity contribution in [2.45, 2.75) is 50.1 Å². The number of hydrogen-bond acceptors (Lipinski definition) is 3. The van der Waals surface area contributed by atoms with E-state index in [9.17, 15) is 0 Å². The van der Waals surface area contributed by atoms with Crippen LogP contribution in [0.1, 0.15) is 55.5 Å². The predicted molar refractivity (Wildman–Crippen MR) is 110 cm³/mol. The number of fused-ring (bicyclic) bond motifs is 4. The maximum atomic E-state index is 9.02. The average Bonchev–Trinajstić information content (AvgIpc) is 2.87. The van der Waals surface area contributed by atoms with Crippen LogP contribution in [0.4, 0.5) is 0 Å². The Morgan fingerprint density at radius 1 is 0.893 bits per heavy atom. The van der Waals surface area contributed by atoms with Gasteiger partial charge in [-0.1, -0.05) is 24.6 Å². The quantitative estimate of drug-likeness (QED) is 0.649. The SMILES string of the molecule is N#Cc1ccc(-c2ccc3c(c2)nc2n3C3CCC2CN(C2CCC2)C3)cc1. The highest BCUT2D eigenvalue weighted by atomic mass is 15.3. The fourth-order valence-corrected chi connectivity index (χ4v) is 5.38. The van der Waals surface area contributed by atoms with Crippen molar-refractivity contribution >= 4 is 11.0 Å². The van der Waals surface area contributed by atoms with Gasteiger partial charge in [0.2, 0.25) is 0 Å². The molecule has 0 spiro atoms. The highest BCUT2D eigenvalue weighted by molar-refractivity contribution is 5.83. The summed E-state index contributed by atoms with van der Waals surface area (Å²) < 4.78 is 2.56. The Bertz CT molecular complexity index is 1080. The second-order valence-corrected chi connectivity index (χ2v) is 8.70. The van der Waals surface area contributed by atoms with Gasteiger partial charge in [0.1, 0.15) is 5.82 Å². The van der Waals surface area contributed by atoms with Crippen LogP contribution in [0.3, 0.4) is 0 Å². The second-order valence-electron chi connectivity index (χ2n) is 8.70. The van der Waals surface area contributed by atoms with Crippen LogP contribution < -0.4 is 0 Å². The first-order chi connectivity index (χ1) is 13.8. The number of imidazole rings is 1. The second kappa shape index (κ2) is 6.18. The molecule has 2 aromatic carbocycles. The number of benzene rings is 2. The first kappa shape index (κ1) is 16.3. The lowest BCUT2D eigenvalue weighted by Gasteiger charge is -2.37. The van der Waals surface area contributed by atoms with Crippen molar-refractivity contribution in [2.75, 3.05) is 13.1 Å². The number of rotatable bonds is 2. The third-order valence-electron chi connectivity index (χ3n) is 7.13. The lowest BCUT2D eigenvalue weighted by Crippen LogP contribution is -2.42. The van der Waals surface area contributed by atoms with E-state index in [-0.39, 0.29) is 0 Å². The molecule has 7 rings (SSSR count). The summed E-state index contributed by atoms with van der Waals surface area (Å²) >= 11 is 0. The van der Waals surface area contributed by atoms with Crippen LogP contribution >= 0.6 is 0 Å². The highest BCUT2D eigenvalue weighted by Crippen LogP contribution is 2.43. The van der Waals surface area contributed by atoms with Crippen LogP contribution in [0.2, 0.25) is 0 Å². The van der Waals surface area contributed by atoms with Crippen LogP contribution in [0.25, 0.3) is 22.2 Å².